The zero-order valence-corrected chi connectivity index (χ0v) is 12.9. The zero-order chi connectivity index (χ0) is 16.0. The minimum atomic E-state index is -3.62. The number of morpholine rings is 1. The molecule has 1 saturated heterocycles. The number of rotatable bonds is 7. The van der Waals surface area contributed by atoms with E-state index in [1.807, 2.05) is 0 Å². The highest BCUT2D eigenvalue weighted by Gasteiger charge is 2.16. The van der Waals surface area contributed by atoms with E-state index in [-0.39, 0.29) is 10.6 Å². The molecule has 0 atom stereocenters. The SMILES string of the molecule is O=[N+]([O-])c1ccc(S(=O)(=O)NCCCN2CCOCC2)cc1. The molecule has 0 amide bonds. The van der Waals surface area contributed by atoms with Crippen molar-refractivity contribution in [1.29, 1.82) is 0 Å². The highest BCUT2D eigenvalue weighted by atomic mass is 32.2. The number of nitro benzene ring substituents is 1. The van der Waals surface area contributed by atoms with Gasteiger partial charge in [0.1, 0.15) is 0 Å². The van der Waals surface area contributed by atoms with Crippen molar-refractivity contribution in [1.82, 2.24) is 9.62 Å². The van der Waals surface area contributed by atoms with Gasteiger partial charge >= 0.3 is 0 Å². The fourth-order valence-corrected chi connectivity index (χ4v) is 3.24. The van der Waals surface area contributed by atoms with Crippen LogP contribution in [0, 0.1) is 10.1 Å². The smallest absolute Gasteiger partial charge is 0.269 e. The monoisotopic (exact) mass is 329 g/mol. The molecule has 0 aliphatic carbocycles. The van der Waals surface area contributed by atoms with E-state index >= 15 is 0 Å². The second-order valence-electron chi connectivity index (χ2n) is 4.96. The molecule has 0 bridgehead atoms. The lowest BCUT2D eigenvalue weighted by molar-refractivity contribution is -0.384. The van der Waals surface area contributed by atoms with Gasteiger partial charge in [-0.05, 0) is 25.1 Å². The van der Waals surface area contributed by atoms with E-state index < -0.39 is 14.9 Å². The molecule has 0 aromatic heterocycles. The molecule has 0 saturated carbocycles. The topological polar surface area (TPSA) is 102 Å². The normalized spacial score (nSPS) is 16.5. The summed E-state index contributed by atoms with van der Waals surface area (Å²) in [7, 11) is -3.62. The number of non-ortho nitro benzene ring substituents is 1. The van der Waals surface area contributed by atoms with Crippen LogP contribution in [0.15, 0.2) is 29.2 Å². The largest absolute Gasteiger partial charge is 0.379 e. The van der Waals surface area contributed by atoms with E-state index in [1.54, 1.807) is 0 Å². The number of benzene rings is 1. The molecule has 1 aliphatic rings. The number of hydrogen-bond acceptors (Lipinski definition) is 6. The Hall–Kier alpha value is -1.55. The van der Waals surface area contributed by atoms with Crippen LogP contribution in [-0.2, 0) is 14.8 Å². The van der Waals surface area contributed by atoms with Crippen LogP contribution in [-0.4, -0.2) is 57.6 Å². The maximum Gasteiger partial charge on any atom is 0.269 e. The average molecular weight is 329 g/mol. The Morgan fingerprint density at radius 2 is 1.86 bits per heavy atom. The number of nitrogens with one attached hydrogen (secondary N) is 1. The van der Waals surface area contributed by atoms with E-state index in [0.717, 1.165) is 19.6 Å². The van der Waals surface area contributed by atoms with Gasteiger partial charge in [0.2, 0.25) is 10.0 Å². The number of nitro groups is 1. The second-order valence-corrected chi connectivity index (χ2v) is 6.72. The highest BCUT2D eigenvalue weighted by Crippen LogP contribution is 2.15. The van der Waals surface area contributed by atoms with Crippen LogP contribution >= 0.6 is 0 Å². The quantitative estimate of drug-likeness (QED) is 0.446. The minimum Gasteiger partial charge on any atom is -0.379 e. The Labute approximate surface area is 129 Å². The maximum atomic E-state index is 12.0. The molecular formula is C13H19N3O5S. The summed E-state index contributed by atoms with van der Waals surface area (Å²) < 4.78 is 31.9. The first kappa shape index (κ1) is 16.8. The first-order chi connectivity index (χ1) is 10.5. The van der Waals surface area contributed by atoms with Crippen LogP contribution < -0.4 is 4.72 Å². The molecule has 1 N–H and O–H groups in total. The van der Waals surface area contributed by atoms with Gasteiger partial charge in [0.05, 0.1) is 23.0 Å². The molecule has 2 rings (SSSR count). The fraction of sp³-hybridized carbons (Fsp3) is 0.538. The van der Waals surface area contributed by atoms with E-state index in [1.165, 1.54) is 24.3 Å². The molecule has 1 aliphatic heterocycles. The number of sulfonamides is 1. The Morgan fingerprint density at radius 3 is 2.45 bits per heavy atom. The second kappa shape index (κ2) is 7.63. The van der Waals surface area contributed by atoms with Crippen molar-refractivity contribution < 1.29 is 18.1 Å². The van der Waals surface area contributed by atoms with Crippen LogP contribution in [0.2, 0.25) is 0 Å². The predicted molar refractivity (Wildman–Crippen MR) is 80.2 cm³/mol. The van der Waals surface area contributed by atoms with Gasteiger partial charge < -0.3 is 4.74 Å². The lowest BCUT2D eigenvalue weighted by Crippen LogP contribution is -2.38. The Balaban J connectivity index is 1.81. The number of hydrogen-bond donors (Lipinski definition) is 1. The molecule has 1 heterocycles. The third-order valence-corrected chi connectivity index (χ3v) is 4.88. The van der Waals surface area contributed by atoms with E-state index in [2.05, 4.69) is 9.62 Å². The van der Waals surface area contributed by atoms with Crippen LogP contribution in [0.5, 0.6) is 0 Å². The van der Waals surface area contributed by atoms with Crippen molar-refractivity contribution >= 4 is 15.7 Å². The zero-order valence-electron chi connectivity index (χ0n) is 12.1. The molecule has 0 spiro atoms. The summed E-state index contributed by atoms with van der Waals surface area (Å²) in [6.45, 7) is 4.32. The van der Waals surface area contributed by atoms with Crippen molar-refractivity contribution in [3.05, 3.63) is 34.4 Å². The summed E-state index contributed by atoms with van der Waals surface area (Å²) in [4.78, 5) is 12.2. The summed E-state index contributed by atoms with van der Waals surface area (Å²) in [5.74, 6) is 0. The molecule has 0 unspecified atom stereocenters. The molecule has 1 aromatic rings. The van der Waals surface area contributed by atoms with Crippen molar-refractivity contribution in [3.63, 3.8) is 0 Å². The molecule has 1 aromatic carbocycles. The van der Waals surface area contributed by atoms with Crippen molar-refractivity contribution in [3.8, 4) is 0 Å². The third-order valence-electron chi connectivity index (χ3n) is 3.40. The average Bonchev–Trinajstić information content (AvgIpc) is 2.53. The molecule has 8 nitrogen and oxygen atoms in total. The highest BCUT2D eigenvalue weighted by molar-refractivity contribution is 7.89. The van der Waals surface area contributed by atoms with Crippen LogP contribution in [0.4, 0.5) is 5.69 Å². The summed E-state index contributed by atoms with van der Waals surface area (Å²) in [6.07, 6.45) is 0.701. The van der Waals surface area contributed by atoms with Crippen LogP contribution in [0.3, 0.4) is 0 Å². The molecule has 122 valence electrons. The van der Waals surface area contributed by atoms with Gasteiger partial charge in [-0.3, -0.25) is 15.0 Å². The lowest BCUT2D eigenvalue weighted by Gasteiger charge is -2.26. The van der Waals surface area contributed by atoms with Crippen LogP contribution in [0.1, 0.15) is 6.42 Å². The van der Waals surface area contributed by atoms with Crippen molar-refractivity contribution in [2.24, 2.45) is 0 Å². The van der Waals surface area contributed by atoms with Gasteiger partial charge in [-0.1, -0.05) is 0 Å². The molecule has 1 fully saturated rings. The van der Waals surface area contributed by atoms with Gasteiger partial charge in [-0.15, -0.1) is 0 Å². The maximum absolute atomic E-state index is 12.0. The first-order valence-electron chi connectivity index (χ1n) is 7.03. The Morgan fingerprint density at radius 1 is 1.23 bits per heavy atom. The van der Waals surface area contributed by atoms with Crippen molar-refractivity contribution in [2.45, 2.75) is 11.3 Å². The summed E-state index contributed by atoms with van der Waals surface area (Å²) in [5, 5.41) is 10.6. The molecule has 9 heteroatoms. The third kappa shape index (κ3) is 4.73. The molecular weight excluding hydrogens is 310 g/mol. The Kier molecular flexibility index (Phi) is 5.83. The van der Waals surface area contributed by atoms with E-state index in [0.29, 0.717) is 26.2 Å². The minimum absolute atomic E-state index is 0.0319. The molecule has 22 heavy (non-hydrogen) atoms. The van der Waals surface area contributed by atoms with Gasteiger partial charge in [0.15, 0.2) is 0 Å². The van der Waals surface area contributed by atoms with Crippen LogP contribution in [0.25, 0.3) is 0 Å². The van der Waals surface area contributed by atoms with E-state index in [9.17, 15) is 18.5 Å². The number of nitrogens with zero attached hydrogens (tertiary/aromatic N) is 2. The van der Waals surface area contributed by atoms with Gasteiger partial charge in [-0.25, -0.2) is 13.1 Å². The molecule has 0 radical (unpaired) electrons. The van der Waals surface area contributed by atoms with Gasteiger partial charge in [0, 0.05) is 31.8 Å². The van der Waals surface area contributed by atoms with E-state index in [4.69, 9.17) is 4.74 Å². The Bertz CT molecular complexity index is 597. The predicted octanol–water partition coefficient (Wildman–Crippen LogP) is 0.595. The summed E-state index contributed by atoms with van der Waals surface area (Å²) in [5.41, 5.74) is -0.133. The summed E-state index contributed by atoms with van der Waals surface area (Å²) >= 11 is 0. The van der Waals surface area contributed by atoms with Gasteiger partial charge in [0.25, 0.3) is 5.69 Å². The lowest BCUT2D eigenvalue weighted by atomic mass is 10.3. The first-order valence-corrected chi connectivity index (χ1v) is 8.51. The van der Waals surface area contributed by atoms with Gasteiger partial charge in [-0.2, -0.15) is 0 Å². The number of ether oxygens (including phenoxy) is 1. The fourth-order valence-electron chi connectivity index (χ4n) is 2.16. The standard InChI is InChI=1S/C13H19N3O5S/c17-16(18)12-2-4-13(5-3-12)22(19,20)14-6-1-7-15-8-10-21-11-9-15/h2-5,14H,1,6-11H2. The van der Waals surface area contributed by atoms with Crippen molar-refractivity contribution in [2.75, 3.05) is 39.4 Å². The summed E-state index contributed by atoms with van der Waals surface area (Å²) in [6, 6.07) is 4.84.